The fourth-order valence-corrected chi connectivity index (χ4v) is 5.01. The highest BCUT2D eigenvalue weighted by atomic mass is 35.5. The first-order valence-corrected chi connectivity index (χ1v) is 8.07. The van der Waals surface area contributed by atoms with E-state index < -0.39 is 0 Å². The van der Waals surface area contributed by atoms with Crippen molar-refractivity contribution < 1.29 is 4.79 Å². The normalized spacial score (nSPS) is 22.8. The number of Topliss-reactive ketones (excluding diaryl/α,β-unsaturated/α-hetero) is 1. The third-order valence-corrected chi connectivity index (χ3v) is 5.93. The fourth-order valence-electron chi connectivity index (χ4n) is 3.17. The molecule has 0 amide bonds. The van der Waals surface area contributed by atoms with Gasteiger partial charge in [0.2, 0.25) is 0 Å². The predicted octanol–water partition coefficient (Wildman–Crippen LogP) is 4.22. The fraction of sp³-hybridized carbons (Fsp3) is 0.588. The minimum atomic E-state index is -0.351. The van der Waals surface area contributed by atoms with Crippen LogP contribution in [0.2, 0.25) is 0 Å². The maximum absolute atomic E-state index is 12.5. The number of fused-ring (bicyclic) bond motifs is 1. The van der Waals surface area contributed by atoms with E-state index in [-0.39, 0.29) is 21.9 Å². The van der Waals surface area contributed by atoms with Crippen LogP contribution in [-0.2, 0) is 14.3 Å². The lowest BCUT2D eigenvalue weighted by Gasteiger charge is -2.29. The first-order valence-electron chi connectivity index (χ1n) is 7.25. The zero-order valence-electron chi connectivity index (χ0n) is 13.6. The molecule has 0 spiro atoms. The van der Waals surface area contributed by atoms with Gasteiger partial charge in [-0.15, -0.1) is 24.2 Å². The number of carbonyl (C=O) groups excluding carboxylic acids is 1. The molecule has 0 fully saturated rings. The van der Waals surface area contributed by atoms with Gasteiger partial charge in [-0.2, -0.15) is 0 Å². The average molecular weight is 328 g/mol. The molecule has 1 aromatic carbocycles. The third kappa shape index (κ3) is 3.46. The summed E-state index contributed by atoms with van der Waals surface area (Å²) in [6, 6.07) is 8.47. The van der Waals surface area contributed by atoms with Crippen molar-refractivity contribution in [2.24, 2.45) is 0 Å². The topological polar surface area (TPSA) is 20.3 Å². The molecule has 1 atom stereocenters. The Hall–Kier alpha value is -0.510. The first kappa shape index (κ1) is 18.5. The van der Waals surface area contributed by atoms with E-state index >= 15 is 0 Å². The molecule has 118 valence electrons. The number of nitrogens with zero attached hydrogens (tertiary/aromatic N) is 1. The first-order chi connectivity index (χ1) is 9.29. The van der Waals surface area contributed by atoms with Gasteiger partial charge in [0.15, 0.2) is 0 Å². The second kappa shape index (κ2) is 6.72. The van der Waals surface area contributed by atoms with Crippen molar-refractivity contribution in [2.45, 2.75) is 43.1 Å². The molecule has 0 saturated heterocycles. The van der Waals surface area contributed by atoms with E-state index in [2.05, 4.69) is 57.1 Å². The lowest BCUT2D eigenvalue weighted by molar-refractivity contribution is -0.119. The van der Waals surface area contributed by atoms with E-state index in [9.17, 15) is 4.79 Å². The van der Waals surface area contributed by atoms with E-state index in [4.69, 9.17) is 0 Å². The minimum absolute atomic E-state index is 0. The molecule has 0 aromatic heterocycles. The summed E-state index contributed by atoms with van der Waals surface area (Å²) in [6.45, 7) is 7.24. The lowest BCUT2D eigenvalue weighted by atomic mass is 9.84. The van der Waals surface area contributed by atoms with Gasteiger partial charge < -0.3 is 4.90 Å². The van der Waals surface area contributed by atoms with Crippen LogP contribution in [0.1, 0.15) is 44.7 Å². The Morgan fingerprint density at radius 1 is 1.19 bits per heavy atom. The minimum Gasteiger partial charge on any atom is -0.309 e. The van der Waals surface area contributed by atoms with Crippen molar-refractivity contribution in [1.82, 2.24) is 4.90 Å². The zero-order chi connectivity index (χ0) is 15.0. The molecule has 0 bridgehead atoms. The number of carbonyl (C=O) groups is 1. The van der Waals surface area contributed by atoms with Gasteiger partial charge in [0.05, 0.1) is 4.75 Å². The maximum atomic E-state index is 12.5. The van der Waals surface area contributed by atoms with Crippen molar-refractivity contribution in [3.8, 4) is 0 Å². The summed E-state index contributed by atoms with van der Waals surface area (Å²) < 4.78 is -0.337. The monoisotopic (exact) mass is 327 g/mol. The van der Waals surface area contributed by atoms with Gasteiger partial charge in [-0.05, 0) is 65.4 Å². The highest BCUT2D eigenvalue weighted by molar-refractivity contribution is 8.02. The standard InChI is InChI=1S/C17H25NOS.ClH/c1-13(19)17(11-8-12-18(4)5)15-10-7-6-9-14(15)16(2,3)20-17;/h6-7,9-10H,8,11-12H2,1-5H3;1H. The van der Waals surface area contributed by atoms with Crippen molar-refractivity contribution in [1.29, 1.82) is 0 Å². The van der Waals surface area contributed by atoms with Gasteiger partial charge in [0.1, 0.15) is 5.78 Å². The van der Waals surface area contributed by atoms with Gasteiger partial charge >= 0.3 is 0 Å². The maximum Gasteiger partial charge on any atom is 0.150 e. The van der Waals surface area contributed by atoms with Crippen molar-refractivity contribution in [2.75, 3.05) is 20.6 Å². The summed E-state index contributed by atoms with van der Waals surface area (Å²) in [5.74, 6) is 0.291. The van der Waals surface area contributed by atoms with E-state index in [1.54, 1.807) is 6.92 Å². The Labute approximate surface area is 139 Å². The molecule has 2 nitrogen and oxygen atoms in total. The van der Waals surface area contributed by atoms with Crippen molar-refractivity contribution in [3.63, 3.8) is 0 Å². The molecule has 0 aliphatic carbocycles. The van der Waals surface area contributed by atoms with Crippen LogP contribution < -0.4 is 0 Å². The molecule has 0 radical (unpaired) electrons. The molecule has 0 N–H and O–H groups in total. The summed E-state index contributed by atoms with van der Waals surface area (Å²) in [4.78, 5) is 14.6. The van der Waals surface area contributed by atoms with Crippen LogP contribution >= 0.6 is 24.2 Å². The molecule has 2 rings (SSSR count). The van der Waals surface area contributed by atoms with E-state index in [1.165, 1.54) is 11.1 Å². The number of benzene rings is 1. The van der Waals surface area contributed by atoms with Crippen molar-refractivity contribution in [3.05, 3.63) is 35.4 Å². The van der Waals surface area contributed by atoms with Crippen LogP contribution in [0.25, 0.3) is 0 Å². The molecule has 1 heterocycles. The number of hydrogen-bond donors (Lipinski definition) is 0. The number of hydrogen-bond acceptors (Lipinski definition) is 3. The van der Waals surface area contributed by atoms with Gasteiger partial charge in [-0.1, -0.05) is 24.3 Å². The van der Waals surface area contributed by atoms with Crippen LogP contribution in [0.15, 0.2) is 24.3 Å². The van der Waals surface area contributed by atoms with Crippen molar-refractivity contribution >= 4 is 30.0 Å². The lowest BCUT2D eigenvalue weighted by Crippen LogP contribution is -2.30. The van der Waals surface area contributed by atoms with Crippen LogP contribution in [-0.4, -0.2) is 31.3 Å². The van der Waals surface area contributed by atoms with Crippen LogP contribution in [0.5, 0.6) is 0 Å². The van der Waals surface area contributed by atoms with Gasteiger partial charge in [-0.25, -0.2) is 0 Å². The highest BCUT2D eigenvalue weighted by Gasteiger charge is 2.50. The highest BCUT2D eigenvalue weighted by Crippen LogP contribution is 2.60. The molecular weight excluding hydrogens is 302 g/mol. The summed E-state index contributed by atoms with van der Waals surface area (Å²) in [6.07, 6.45) is 1.97. The number of halogens is 1. The van der Waals surface area contributed by atoms with E-state index in [0.29, 0.717) is 5.78 Å². The third-order valence-electron chi connectivity index (χ3n) is 4.14. The SMILES string of the molecule is CC(=O)C1(CCCN(C)C)SC(C)(C)c2ccccc21.Cl. The van der Waals surface area contributed by atoms with E-state index in [0.717, 1.165) is 19.4 Å². The van der Waals surface area contributed by atoms with Crippen LogP contribution in [0, 0.1) is 0 Å². The number of rotatable bonds is 5. The van der Waals surface area contributed by atoms with Crippen LogP contribution in [0.4, 0.5) is 0 Å². The molecule has 21 heavy (non-hydrogen) atoms. The quantitative estimate of drug-likeness (QED) is 0.807. The summed E-state index contributed by atoms with van der Waals surface area (Å²) in [7, 11) is 4.17. The molecular formula is C17H26ClNOS. The number of ketones is 1. The Bertz CT molecular complexity index is 515. The van der Waals surface area contributed by atoms with Gasteiger partial charge in [-0.3, -0.25) is 4.79 Å². The molecule has 1 aromatic rings. The second-order valence-corrected chi connectivity index (χ2v) is 8.37. The zero-order valence-corrected chi connectivity index (χ0v) is 15.2. The summed E-state index contributed by atoms with van der Waals surface area (Å²) in [5, 5.41) is 0. The number of thioether (sulfide) groups is 1. The Balaban J connectivity index is 0.00000220. The molecule has 0 saturated carbocycles. The molecule has 1 aliphatic rings. The van der Waals surface area contributed by atoms with E-state index in [1.807, 2.05) is 11.8 Å². The molecule has 4 heteroatoms. The summed E-state index contributed by atoms with van der Waals surface area (Å²) in [5.41, 5.74) is 2.56. The predicted molar refractivity (Wildman–Crippen MR) is 94.5 cm³/mol. The van der Waals surface area contributed by atoms with Gasteiger partial charge in [0.25, 0.3) is 0 Å². The van der Waals surface area contributed by atoms with Crippen LogP contribution in [0.3, 0.4) is 0 Å². The Kier molecular flexibility index (Phi) is 5.93. The molecule has 1 unspecified atom stereocenters. The second-order valence-electron chi connectivity index (χ2n) is 6.45. The smallest absolute Gasteiger partial charge is 0.150 e. The average Bonchev–Trinajstić information content (AvgIpc) is 2.59. The Morgan fingerprint density at radius 3 is 2.29 bits per heavy atom. The Morgan fingerprint density at radius 2 is 1.76 bits per heavy atom. The van der Waals surface area contributed by atoms with Gasteiger partial charge in [0, 0.05) is 4.75 Å². The summed E-state index contributed by atoms with van der Waals surface area (Å²) >= 11 is 1.84. The largest absolute Gasteiger partial charge is 0.309 e. The molecule has 1 aliphatic heterocycles.